The van der Waals surface area contributed by atoms with Gasteiger partial charge in [-0.2, -0.15) is 0 Å². The van der Waals surface area contributed by atoms with Crippen LogP contribution in [0.25, 0.3) is 0 Å². The molecule has 92 valence electrons. The standard InChI is InChI=1S/C10H22O.C2H4O2/c1-3-5-7-9-11-10-8-6-4-2;1-2-4-3-1/h3-10H2,1-2H3;1-2H2. The molecule has 15 heavy (non-hydrogen) atoms. The number of rotatable bonds is 8. The predicted octanol–water partition coefficient (Wildman–Crippen LogP) is 3.33. The molecule has 3 nitrogen and oxygen atoms in total. The first kappa shape index (κ1) is 14.9. The summed E-state index contributed by atoms with van der Waals surface area (Å²) in [5.74, 6) is 0. The Balaban J connectivity index is 0.000000401. The molecule has 0 bridgehead atoms. The molecule has 1 aliphatic rings. The smallest absolute Gasteiger partial charge is 0.109 e. The molecular formula is C12H26O3. The first-order chi connectivity index (χ1) is 7.41. The van der Waals surface area contributed by atoms with E-state index in [4.69, 9.17) is 4.74 Å². The Kier molecular flexibility index (Phi) is 13.8. The second-order valence-electron chi connectivity index (χ2n) is 3.67. The van der Waals surface area contributed by atoms with Gasteiger partial charge in [-0.25, -0.2) is 9.78 Å². The SMILES string of the molecule is C1COO1.CCCCCOCCCCC. The van der Waals surface area contributed by atoms with Gasteiger partial charge < -0.3 is 4.74 Å². The number of hydrogen-bond acceptors (Lipinski definition) is 3. The van der Waals surface area contributed by atoms with Crippen molar-refractivity contribution in [2.24, 2.45) is 0 Å². The Labute approximate surface area is 94.0 Å². The van der Waals surface area contributed by atoms with Gasteiger partial charge >= 0.3 is 0 Å². The predicted molar refractivity (Wildman–Crippen MR) is 61.8 cm³/mol. The van der Waals surface area contributed by atoms with Crippen molar-refractivity contribution in [1.29, 1.82) is 0 Å². The number of hydrogen-bond donors (Lipinski definition) is 0. The maximum atomic E-state index is 5.44. The minimum atomic E-state index is 0.778. The third kappa shape index (κ3) is 13.9. The second kappa shape index (κ2) is 13.9. The van der Waals surface area contributed by atoms with E-state index < -0.39 is 0 Å². The van der Waals surface area contributed by atoms with Crippen molar-refractivity contribution in [1.82, 2.24) is 0 Å². The summed E-state index contributed by atoms with van der Waals surface area (Å²) in [6.07, 6.45) is 7.68. The van der Waals surface area contributed by atoms with Crippen molar-refractivity contribution in [3.05, 3.63) is 0 Å². The Morgan fingerprint density at radius 2 is 1.20 bits per heavy atom. The lowest BCUT2D eigenvalue weighted by Crippen LogP contribution is -2.14. The summed E-state index contributed by atoms with van der Waals surface area (Å²) in [5.41, 5.74) is 0. The van der Waals surface area contributed by atoms with Gasteiger partial charge in [0.25, 0.3) is 0 Å². The molecule has 0 saturated carbocycles. The quantitative estimate of drug-likeness (QED) is 0.462. The monoisotopic (exact) mass is 218 g/mol. The Bertz CT molecular complexity index is 91.0. The second-order valence-corrected chi connectivity index (χ2v) is 3.67. The highest BCUT2D eigenvalue weighted by Crippen LogP contribution is 1.97. The molecule has 0 aromatic heterocycles. The molecule has 1 fully saturated rings. The van der Waals surface area contributed by atoms with Crippen LogP contribution in [-0.2, 0) is 14.5 Å². The van der Waals surface area contributed by atoms with E-state index in [1.807, 2.05) is 0 Å². The molecule has 0 N–H and O–H groups in total. The lowest BCUT2D eigenvalue weighted by Gasteiger charge is -2.08. The molecule has 0 aliphatic carbocycles. The van der Waals surface area contributed by atoms with Crippen LogP contribution in [0.2, 0.25) is 0 Å². The zero-order chi connectivity index (χ0) is 11.2. The van der Waals surface area contributed by atoms with Crippen molar-refractivity contribution >= 4 is 0 Å². The van der Waals surface area contributed by atoms with E-state index in [-0.39, 0.29) is 0 Å². The molecule has 0 amide bonds. The summed E-state index contributed by atoms with van der Waals surface area (Å²) in [6, 6.07) is 0. The normalized spacial score (nSPS) is 14.0. The van der Waals surface area contributed by atoms with E-state index in [9.17, 15) is 0 Å². The fourth-order valence-electron chi connectivity index (χ4n) is 1.09. The molecule has 0 atom stereocenters. The van der Waals surface area contributed by atoms with Gasteiger partial charge in [-0.05, 0) is 12.8 Å². The third-order valence-electron chi connectivity index (χ3n) is 2.12. The topological polar surface area (TPSA) is 27.7 Å². The highest BCUT2D eigenvalue weighted by atomic mass is 17.2. The maximum Gasteiger partial charge on any atom is 0.109 e. The van der Waals surface area contributed by atoms with Crippen molar-refractivity contribution in [2.75, 3.05) is 26.4 Å². The number of unbranched alkanes of at least 4 members (excludes halogenated alkanes) is 4. The average Bonchev–Trinajstić information content (AvgIpc) is 2.14. The van der Waals surface area contributed by atoms with Gasteiger partial charge in [0, 0.05) is 13.2 Å². The van der Waals surface area contributed by atoms with Crippen LogP contribution >= 0.6 is 0 Å². The van der Waals surface area contributed by atoms with Crippen molar-refractivity contribution in [2.45, 2.75) is 52.4 Å². The summed E-state index contributed by atoms with van der Waals surface area (Å²) in [4.78, 5) is 8.44. The van der Waals surface area contributed by atoms with E-state index in [0.29, 0.717) is 0 Å². The summed E-state index contributed by atoms with van der Waals surface area (Å²) in [7, 11) is 0. The Morgan fingerprint density at radius 1 is 0.800 bits per heavy atom. The van der Waals surface area contributed by atoms with Gasteiger partial charge in [-0.3, -0.25) is 0 Å². The van der Waals surface area contributed by atoms with Gasteiger partial charge in [-0.1, -0.05) is 39.5 Å². The lowest BCUT2D eigenvalue weighted by molar-refractivity contribution is -0.382. The van der Waals surface area contributed by atoms with Crippen LogP contribution in [0.3, 0.4) is 0 Å². The summed E-state index contributed by atoms with van der Waals surface area (Å²) >= 11 is 0. The molecule has 1 saturated heterocycles. The minimum absolute atomic E-state index is 0.778. The van der Waals surface area contributed by atoms with Gasteiger partial charge in [0.05, 0.1) is 0 Å². The van der Waals surface area contributed by atoms with Crippen molar-refractivity contribution < 1.29 is 14.5 Å². The highest BCUT2D eigenvalue weighted by Gasteiger charge is 1.95. The first-order valence-electron chi connectivity index (χ1n) is 6.24. The van der Waals surface area contributed by atoms with Crippen LogP contribution in [0.4, 0.5) is 0 Å². The largest absolute Gasteiger partial charge is 0.381 e. The summed E-state index contributed by atoms with van der Waals surface area (Å²) in [6.45, 7) is 7.93. The summed E-state index contributed by atoms with van der Waals surface area (Å²) < 4.78 is 5.44. The third-order valence-corrected chi connectivity index (χ3v) is 2.12. The van der Waals surface area contributed by atoms with E-state index in [0.717, 1.165) is 26.4 Å². The van der Waals surface area contributed by atoms with Crippen molar-refractivity contribution in [3.8, 4) is 0 Å². The van der Waals surface area contributed by atoms with Crippen molar-refractivity contribution in [3.63, 3.8) is 0 Å². The van der Waals surface area contributed by atoms with Crippen LogP contribution in [-0.4, -0.2) is 26.4 Å². The fraction of sp³-hybridized carbons (Fsp3) is 1.00. The van der Waals surface area contributed by atoms with E-state index in [2.05, 4.69) is 23.6 Å². The molecule has 1 heterocycles. The molecular weight excluding hydrogens is 192 g/mol. The van der Waals surface area contributed by atoms with E-state index >= 15 is 0 Å². The van der Waals surface area contributed by atoms with E-state index in [1.54, 1.807) is 0 Å². The molecule has 1 aliphatic heterocycles. The average molecular weight is 218 g/mol. The Hall–Kier alpha value is -0.120. The highest BCUT2D eigenvalue weighted by molar-refractivity contribution is 4.38. The van der Waals surface area contributed by atoms with Crippen LogP contribution in [0.1, 0.15) is 52.4 Å². The molecule has 0 aromatic rings. The molecule has 0 aromatic carbocycles. The van der Waals surface area contributed by atoms with Crippen LogP contribution in [0.15, 0.2) is 0 Å². The first-order valence-corrected chi connectivity index (χ1v) is 6.24. The van der Waals surface area contributed by atoms with Crippen LogP contribution in [0, 0.1) is 0 Å². The zero-order valence-electron chi connectivity index (χ0n) is 10.3. The fourth-order valence-corrected chi connectivity index (χ4v) is 1.09. The van der Waals surface area contributed by atoms with Gasteiger partial charge in [0.2, 0.25) is 0 Å². The van der Waals surface area contributed by atoms with Gasteiger partial charge in [-0.15, -0.1) is 0 Å². The lowest BCUT2D eigenvalue weighted by atomic mass is 10.2. The van der Waals surface area contributed by atoms with E-state index in [1.165, 1.54) is 38.5 Å². The summed E-state index contributed by atoms with van der Waals surface area (Å²) in [5, 5.41) is 0. The van der Waals surface area contributed by atoms with Gasteiger partial charge in [0.15, 0.2) is 0 Å². The molecule has 3 heteroatoms. The molecule has 0 unspecified atom stereocenters. The minimum Gasteiger partial charge on any atom is -0.381 e. The van der Waals surface area contributed by atoms with Gasteiger partial charge in [0.1, 0.15) is 13.2 Å². The van der Waals surface area contributed by atoms with Crippen LogP contribution < -0.4 is 0 Å². The molecule has 1 rings (SSSR count). The van der Waals surface area contributed by atoms with Crippen LogP contribution in [0.5, 0.6) is 0 Å². The molecule has 0 radical (unpaired) electrons. The number of ether oxygens (including phenoxy) is 1. The Morgan fingerprint density at radius 3 is 1.47 bits per heavy atom. The zero-order valence-corrected chi connectivity index (χ0v) is 10.3. The molecule has 0 spiro atoms. The maximum absolute atomic E-state index is 5.44.